The molecule has 2 atom stereocenters. The monoisotopic (exact) mass is 279 g/mol. The van der Waals surface area contributed by atoms with Gasteiger partial charge in [-0.15, -0.1) is 0 Å². The Morgan fingerprint density at radius 3 is 2.35 bits per heavy atom. The molecule has 3 aliphatic rings. The molecule has 0 aromatic carbocycles. The van der Waals surface area contributed by atoms with E-state index in [4.69, 9.17) is 4.74 Å². The maximum Gasteiger partial charge on any atom is 0.0661 e. The molecule has 3 fully saturated rings. The second-order valence-corrected chi connectivity index (χ2v) is 7.47. The lowest BCUT2D eigenvalue weighted by molar-refractivity contribution is -0.133. The molecule has 1 spiro atoms. The van der Waals surface area contributed by atoms with E-state index in [1.165, 1.54) is 64.2 Å². The smallest absolute Gasteiger partial charge is 0.0661 e. The van der Waals surface area contributed by atoms with E-state index in [0.29, 0.717) is 11.5 Å². The summed E-state index contributed by atoms with van der Waals surface area (Å²) >= 11 is 0. The molecular formula is C18H33NO. The Hall–Kier alpha value is -0.0800. The molecule has 0 aromatic rings. The third-order valence-electron chi connectivity index (χ3n) is 6.55. The van der Waals surface area contributed by atoms with Crippen LogP contribution in [0.2, 0.25) is 0 Å². The van der Waals surface area contributed by atoms with Gasteiger partial charge in [0.15, 0.2) is 0 Å². The third kappa shape index (κ3) is 2.66. The SMILES string of the molecule is CCOC1CC(NC2CCC(CC)CC2)C12CCCC2. The Morgan fingerprint density at radius 2 is 1.75 bits per heavy atom. The van der Waals surface area contributed by atoms with Crippen LogP contribution in [-0.4, -0.2) is 24.8 Å². The van der Waals surface area contributed by atoms with Gasteiger partial charge in [0.1, 0.15) is 0 Å². The highest BCUT2D eigenvalue weighted by Gasteiger charge is 2.56. The topological polar surface area (TPSA) is 21.3 Å². The predicted octanol–water partition coefficient (Wildman–Crippen LogP) is 4.28. The predicted molar refractivity (Wildman–Crippen MR) is 83.9 cm³/mol. The standard InChI is InChI=1S/C18H33NO/c1-3-14-7-9-15(10-8-14)19-16-13-17(20-4-2)18(16)11-5-6-12-18/h14-17,19H,3-13H2,1-2H3. The van der Waals surface area contributed by atoms with Crippen LogP contribution in [0.1, 0.15) is 78.1 Å². The molecule has 3 rings (SSSR count). The van der Waals surface area contributed by atoms with Gasteiger partial charge in [0.25, 0.3) is 0 Å². The molecule has 0 heterocycles. The van der Waals surface area contributed by atoms with Crippen molar-refractivity contribution < 1.29 is 4.74 Å². The molecule has 2 nitrogen and oxygen atoms in total. The molecule has 2 heteroatoms. The zero-order valence-electron chi connectivity index (χ0n) is 13.5. The third-order valence-corrected chi connectivity index (χ3v) is 6.55. The van der Waals surface area contributed by atoms with E-state index >= 15 is 0 Å². The summed E-state index contributed by atoms with van der Waals surface area (Å²) in [6, 6.07) is 1.55. The zero-order valence-corrected chi connectivity index (χ0v) is 13.5. The highest BCUT2D eigenvalue weighted by Crippen LogP contribution is 2.55. The Morgan fingerprint density at radius 1 is 1.05 bits per heavy atom. The van der Waals surface area contributed by atoms with E-state index in [9.17, 15) is 0 Å². The normalized spacial score (nSPS) is 39.9. The molecule has 0 radical (unpaired) electrons. The molecule has 3 saturated carbocycles. The fourth-order valence-electron chi connectivity index (χ4n) is 5.14. The van der Waals surface area contributed by atoms with Gasteiger partial charge < -0.3 is 10.1 Å². The number of rotatable bonds is 5. The van der Waals surface area contributed by atoms with E-state index in [1.807, 2.05) is 0 Å². The Balaban J connectivity index is 1.53. The first-order valence-electron chi connectivity index (χ1n) is 9.16. The van der Waals surface area contributed by atoms with Crippen LogP contribution in [0.5, 0.6) is 0 Å². The van der Waals surface area contributed by atoms with Gasteiger partial charge in [0.2, 0.25) is 0 Å². The quantitative estimate of drug-likeness (QED) is 0.811. The Labute approximate surface area is 125 Å². The number of nitrogens with one attached hydrogen (secondary N) is 1. The highest BCUT2D eigenvalue weighted by molar-refractivity contribution is 5.10. The summed E-state index contributed by atoms with van der Waals surface area (Å²) < 4.78 is 6.03. The highest BCUT2D eigenvalue weighted by atomic mass is 16.5. The van der Waals surface area contributed by atoms with Crippen LogP contribution in [0.25, 0.3) is 0 Å². The number of hydrogen-bond acceptors (Lipinski definition) is 2. The van der Waals surface area contributed by atoms with Gasteiger partial charge in [0.05, 0.1) is 6.10 Å². The average Bonchev–Trinajstić information content (AvgIpc) is 2.99. The fourth-order valence-corrected chi connectivity index (χ4v) is 5.14. The molecule has 0 aromatic heterocycles. The summed E-state index contributed by atoms with van der Waals surface area (Å²) in [5.74, 6) is 1.01. The Kier molecular flexibility index (Phi) is 4.72. The van der Waals surface area contributed by atoms with Crippen LogP contribution in [0.3, 0.4) is 0 Å². The largest absolute Gasteiger partial charge is 0.378 e. The molecule has 116 valence electrons. The summed E-state index contributed by atoms with van der Waals surface area (Å²) in [4.78, 5) is 0. The van der Waals surface area contributed by atoms with Crippen molar-refractivity contribution in [1.82, 2.24) is 5.32 Å². The molecule has 1 N–H and O–H groups in total. The lowest BCUT2D eigenvalue weighted by Gasteiger charge is -2.55. The van der Waals surface area contributed by atoms with Gasteiger partial charge >= 0.3 is 0 Å². The number of ether oxygens (including phenoxy) is 1. The van der Waals surface area contributed by atoms with E-state index < -0.39 is 0 Å². The van der Waals surface area contributed by atoms with Gasteiger partial charge in [0, 0.05) is 24.1 Å². The van der Waals surface area contributed by atoms with Crippen molar-refractivity contribution in [1.29, 1.82) is 0 Å². The molecule has 0 amide bonds. The van der Waals surface area contributed by atoms with Gasteiger partial charge in [-0.1, -0.05) is 26.2 Å². The minimum absolute atomic E-state index is 0.512. The van der Waals surface area contributed by atoms with Gasteiger partial charge in [-0.25, -0.2) is 0 Å². The van der Waals surface area contributed by atoms with E-state index in [0.717, 1.165) is 24.6 Å². The molecule has 2 unspecified atom stereocenters. The summed E-state index contributed by atoms with van der Waals surface area (Å²) in [5, 5.41) is 4.04. The van der Waals surface area contributed by atoms with Crippen molar-refractivity contribution in [2.24, 2.45) is 11.3 Å². The lowest BCUT2D eigenvalue weighted by atomic mass is 9.60. The van der Waals surface area contributed by atoms with Crippen LogP contribution >= 0.6 is 0 Å². The molecular weight excluding hydrogens is 246 g/mol. The fraction of sp³-hybridized carbons (Fsp3) is 1.00. The van der Waals surface area contributed by atoms with Gasteiger partial charge in [-0.2, -0.15) is 0 Å². The molecule has 3 aliphatic carbocycles. The van der Waals surface area contributed by atoms with E-state index in [1.54, 1.807) is 0 Å². The first kappa shape index (κ1) is 14.8. The van der Waals surface area contributed by atoms with Crippen LogP contribution in [0, 0.1) is 11.3 Å². The molecule has 20 heavy (non-hydrogen) atoms. The van der Waals surface area contributed by atoms with E-state index in [2.05, 4.69) is 19.2 Å². The van der Waals surface area contributed by atoms with Crippen molar-refractivity contribution in [3.05, 3.63) is 0 Å². The van der Waals surface area contributed by atoms with Crippen molar-refractivity contribution in [3.63, 3.8) is 0 Å². The zero-order chi connectivity index (χ0) is 14.0. The maximum atomic E-state index is 6.03. The van der Waals surface area contributed by atoms with Crippen LogP contribution in [0.15, 0.2) is 0 Å². The van der Waals surface area contributed by atoms with Crippen LogP contribution < -0.4 is 5.32 Å². The van der Waals surface area contributed by atoms with Crippen molar-refractivity contribution >= 4 is 0 Å². The summed E-state index contributed by atoms with van der Waals surface area (Å²) in [6.45, 7) is 5.39. The molecule has 0 aliphatic heterocycles. The maximum absolute atomic E-state index is 6.03. The van der Waals surface area contributed by atoms with Crippen molar-refractivity contribution in [2.45, 2.75) is 96.2 Å². The minimum atomic E-state index is 0.512. The summed E-state index contributed by atoms with van der Waals surface area (Å²) in [7, 11) is 0. The van der Waals surface area contributed by atoms with Crippen molar-refractivity contribution in [2.75, 3.05) is 6.61 Å². The van der Waals surface area contributed by atoms with Gasteiger partial charge in [-0.3, -0.25) is 0 Å². The molecule has 0 saturated heterocycles. The average molecular weight is 279 g/mol. The number of hydrogen-bond donors (Lipinski definition) is 1. The van der Waals surface area contributed by atoms with Gasteiger partial charge in [-0.05, 0) is 57.8 Å². The second kappa shape index (κ2) is 6.36. The summed E-state index contributed by atoms with van der Waals surface area (Å²) in [6.07, 6.45) is 14.6. The Bertz CT molecular complexity index is 303. The first-order valence-corrected chi connectivity index (χ1v) is 9.16. The molecule has 0 bridgehead atoms. The minimum Gasteiger partial charge on any atom is -0.378 e. The second-order valence-electron chi connectivity index (χ2n) is 7.47. The van der Waals surface area contributed by atoms with Crippen LogP contribution in [-0.2, 0) is 4.74 Å². The lowest BCUT2D eigenvalue weighted by Crippen LogP contribution is -2.64. The first-order chi connectivity index (χ1) is 9.78. The summed E-state index contributed by atoms with van der Waals surface area (Å²) in [5.41, 5.74) is 0.512. The van der Waals surface area contributed by atoms with Crippen molar-refractivity contribution in [3.8, 4) is 0 Å². The van der Waals surface area contributed by atoms with E-state index in [-0.39, 0.29) is 0 Å². The van der Waals surface area contributed by atoms with Crippen LogP contribution in [0.4, 0.5) is 0 Å².